The molecule has 1 heterocycles. The van der Waals surface area contributed by atoms with Crippen LogP contribution in [-0.4, -0.2) is 18.1 Å². The SMILES string of the molecule is CN(c1nc2ccccc2o1)C1CC1. The summed E-state index contributed by atoms with van der Waals surface area (Å²) in [6, 6.07) is 9.26. The van der Waals surface area contributed by atoms with Crippen molar-refractivity contribution in [3.05, 3.63) is 24.3 Å². The molecule has 0 amide bonds. The van der Waals surface area contributed by atoms with Crippen LogP contribution in [0.4, 0.5) is 6.01 Å². The van der Waals surface area contributed by atoms with Gasteiger partial charge >= 0.3 is 0 Å². The molecule has 0 radical (unpaired) electrons. The molecular formula is C11H12N2O. The third-order valence-electron chi connectivity index (χ3n) is 2.68. The van der Waals surface area contributed by atoms with Gasteiger partial charge in [-0.3, -0.25) is 0 Å². The molecule has 3 nitrogen and oxygen atoms in total. The molecule has 2 aromatic rings. The van der Waals surface area contributed by atoms with E-state index >= 15 is 0 Å². The Bertz CT molecular complexity index is 426. The van der Waals surface area contributed by atoms with Gasteiger partial charge in [-0.25, -0.2) is 0 Å². The molecule has 0 spiro atoms. The van der Waals surface area contributed by atoms with E-state index in [2.05, 4.69) is 9.88 Å². The van der Waals surface area contributed by atoms with Gasteiger partial charge in [-0.1, -0.05) is 12.1 Å². The number of oxazole rings is 1. The fourth-order valence-corrected chi connectivity index (χ4v) is 1.63. The largest absolute Gasteiger partial charge is 0.423 e. The van der Waals surface area contributed by atoms with Crippen LogP contribution in [0.2, 0.25) is 0 Å². The molecule has 1 aliphatic carbocycles. The average Bonchev–Trinajstić information content (AvgIpc) is 2.95. The Hall–Kier alpha value is -1.51. The van der Waals surface area contributed by atoms with Gasteiger partial charge in [0.15, 0.2) is 5.58 Å². The van der Waals surface area contributed by atoms with Crippen LogP contribution in [-0.2, 0) is 0 Å². The second-order valence-corrected chi connectivity index (χ2v) is 3.81. The molecular weight excluding hydrogens is 176 g/mol. The second-order valence-electron chi connectivity index (χ2n) is 3.81. The summed E-state index contributed by atoms with van der Waals surface area (Å²) in [7, 11) is 2.04. The van der Waals surface area contributed by atoms with Crippen molar-refractivity contribution in [3.8, 4) is 0 Å². The number of hydrogen-bond donors (Lipinski definition) is 0. The van der Waals surface area contributed by atoms with Crippen molar-refractivity contribution in [3.63, 3.8) is 0 Å². The van der Waals surface area contributed by atoms with Gasteiger partial charge < -0.3 is 9.32 Å². The van der Waals surface area contributed by atoms with Crippen LogP contribution in [0.25, 0.3) is 11.1 Å². The number of anilines is 1. The zero-order chi connectivity index (χ0) is 9.54. The maximum Gasteiger partial charge on any atom is 0.298 e. The van der Waals surface area contributed by atoms with Crippen molar-refractivity contribution in [2.45, 2.75) is 18.9 Å². The van der Waals surface area contributed by atoms with Gasteiger partial charge in [-0.05, 0) is 25.0 Å². The summed E-state index contributed by atoms with van der Waals surface area (Å²) in [4.78, 5) is 6.56. The highest BCUT2D eigenvalue weighted by atomic mass is 16.4. The van der Waals surface area contributed by atoms with Crippen LogP contribution < -0.4 is 4.90 Å². The number of aromatic nitrogens is 1. The highest BCUT2D eigenvalue weighted by Crippen LogP contribution is 2.31. The van der Waals surface area contributed by atoms with Crippen molar-refractivity contribution >= 4 is 17.1 Å². The van der Waals surface area contributed by atoms with E-state index in [1.165, 1.54) is 12.8 Å². The Kier molecular flexibility index (Phi) is 1.54. The van der Waals surface area contributed by atoms with Crippen LogP contribution in [0.1, 0.15) is 12.8 Å². The van der Waals surface area contributed by atoms with Gasteiger partial charge in [0.2, 0.25) is 0 Å². The van der Waals surface area contributed by atoms with Crippen molar-refractivity contribution < 1.29 is 4.42 Å². The summed E-state index contributed by atoms with van der Waals surface area (Å²) in [5.74, 6) is 0. The Labute approximate surface area is 82.3 Å². The highest BCUT2D eigenvalue weighted by molar-refractivity contribution is 5.74. The first kappa shape index (κ1) is 7.85. The number of benzene rings is 1. The van der Waals surface area contributed by atoms with Gasteiger partial charge in [0.1, 0.15) is 5.52 Å². The van der Waals surface area contributed by atoms with Crippen molar-refractivity contribution in [2.24, 2.45) is 0 Å². The summed E-state index contributed by atoms with van der Waals surface area (Å²) in [6.07, 6.45) is 2.52. The van der Waals surface area contributed by atoms with Crippen LogP contribution in [0.3, 0.4) is 0 Å². The molecule has 0 aliphatic heterocycles. The minimum absolute atomic E-state index is 0.642. The van der Waals surface area contributed by atoms with E-state index in [0.29, 0.717) is 6.04 Å². The first-order chi connectivity index (χ1) is 6.84. The Balaban J connectivity index is 2.04. The Morgan fingerprint density at radius 3 is 2.86 bits per heavy atom. The quantitative estimate of drug-likeness (QED) is 0.724. The summed E-state index contributed by atoms with van der Waals surface area (Å²) in [6.45, 7) is 0. The fraction of sp³-hybridized carbons (Fsp3) is 0.364. The lowest BCUT2D eigenvalue weighted by Gasteiger charge is -2.11. The van der Waals surface area contributed by atoms with E-state index < -0.39 is 0 Å². The molecule has 1 aliphatic rings. The van der Waals surface area contributed by atoms with Gasteiger partial charge in [0.05, 0.1) is 0 Å². The number of rotatable bonds is 2. The molecule has 0 N–H and O–H groups in total. The van der Waals surface area contributed by atoms with Crippen LogP contribution in [0.5, 0.6) is 0 Å². The van der Waals surface area contributed by atoms with E-state index in [1.54, 1.807) is 0 Å². The fourth-order valence-electron chi connectivity index (χ4n) is 1.63. The molecule has 1 saturated carbocycles. The molecule has 1 aromatic carbocycles. The molecule has 0 unspecified atom stereocenters. The molecule has 0 bridgehead atoms. The van der Waals surface area contributed by atoms with Crippen LogP contribution in [0, 0.1) is 0 Å². The van der Waals surface area contributed by atoms with Crippen LogP contribution in [0.15, 0.2) is 28.7 Å². The number of fused-ring (bicyclic) bond motifs is 1. The molecule has 72 valence electrons. The zero-order valence-corrected chi connectivity index (χ0v) is 8.10. The minimum Gasteiger partial charge on any atom is -0.423 e. The molecule has 0 atom stereocenters. The molecule has 1 fully saturated rings. The smallest absolute Gasteiger partial charge is 0.298 e. The lowest BCUT2D eigenvalue weighted by atomic mass is 10.3. The topological polar surface area (TPSA) is 29.3 Å². The summed E-state index contributed by atoms with van der Waals surface area (Å²) in [5, 5.41) is 0. The lowest BCUT2D eigenvalue weighted by molar-refractivity contribution is 0.581. The van der Waals surface area contributed by atoms with Crippen molar-refractivity contribution in [1.82, 2.24) is 4.98 Å². The highest BCUT2D eigenvalue weighted by Gasteiger charge is 2.29. The third-order valence-corrected chi connectivity index (χ3v) is 2.68. The predicted molar refractivity (Wildman–Crippen MR) is 55.4 cm³/mol. The van der Waals surface area contributed by atoms with Gasteiger partial charge in [0.25, 0.3) is 6.01 Å². The average molecular weight is 188 g/mol. The monoisotopic (exact) mass is 188 g/mol. The number of para-hydroxylation sites is 2. The Morgan fingerprint density at radius 2 is 2.14 bits per heavy atom. The van der Waals surface area contributed by atoms with Crippen LogP contribution >= 0.6 is 0 Å². The van der Waals surface area contributed by atoms with E-state index in [-0.39, 0.29) is 0 Å². The Morgan fingerprint density at radius 1 is 1.36 bits per heavy atom. The van der Waals surface area contributed by atoms with Crippen molar-refractivity contribution in [1.29, 1.82) is 0 Å². The van der Waals surface area contributed by atoms with E-state index in [1.807, 2.05) is 31.3 Å². The maximum absolute atomic E-state index is 5.65. The summed E-state index contributed by atoms with van der Waals surface area (Å²) >= 11 is 0. The first-order valence-electron chi connectivity index (χ1n) is 4.93. The second kappa shape index (κ2) is 2.74. The third kappa shape index (κ3) is 1.16. The van der Waals surface area contributed by atoms with E-state index in [0.717, 1.165) is 17.1 Å². The molecule has 3 heteroatoms. The zero-order valence-electron chi connectivity index (χ0n) is 8.10. The molecule has 3 rings (SSSR count). The van der Waals surface area contributed by atoms with Gasteiger partial charge in [0, 0.05) is 13.1 Å². The standard InChI is InChI=1S/C11H12N2O/c1-13(8-6-7-8)11-12-9-4-2-3-5-10(9)14-11/h2-5,8H,6-7H2,1H3. The van der Waals surface area contributed by atoms with Gasteiger partial charge in [-0.15, -0.1) is 0 Å². The first-order valence-corrected chi connectivity index (χ1v) is 4.93. The maximum atomic E-state index is 5.65. The van der Waals surface area contributed by atoms with Crippen molar-refractivity contribution in [2.75, 3.05) is 11.9 Å². The van der Waals surface area contributed by atoms with Gasteiger partial charge in [-0.2, -0.15) is 4.98 Å². The summed E-state index contributed by atoms with van der Waals surface area (Å²) in [5.41, 5.74) is 1.81. The minimum atomic E-state index is 0.642. The summed E-state index contributed by atoms with van der Waals surface area (Å²) < 4.78 is 5.65. The molecule has 1 aromatic heterocycles. The van der Waals surface area contributed by atoms with E-state index in [9.17, 15) is 0 Å². The lowest BCUT2D eigenvalue weighted by Crippen LogP contribution is -2.19. The molecule has 0 saturated heterocycles. The normalized spacial score (nSPS) is 16.1. The molecule has 14 heavy (non-hydrogen) atoms. The van der Waals surface area contributed by atoms with E-state index in [4.69, 9.17) is 4.42 Å². The predicted octanol–water partition coefficient (Wildman–Crippen LogP) is 2.43. The number of hydrogen-bond acceptors (Lipinski definition) is 3. The number of nitrogens with zero attached hydrogens (tertiary/aromatic N) is 2.